The van der Waals surface area contributed by atoms with Crippen molar-refractivity contribution in [2.75, 3.05) is 38.1 Å². The molecule has 1 atom stereocenters. The SMILES string of the molecule is CCC1CCCCN1C(=O)Nc1ccccc1OCCN(CC)CC. The van der Waals surface area contributed by atoms with Gasteiger partial charge in [-0.2, -0.15) is 0 Å². The van der Waals surface area contributed by atoms with E-state index < -0.39 is 0 Å². The van der Waals surface area contributed by atoms with Crippen LogP contribution in [-0.4, -0.2) is 54.7 Å². The Balaban J connectivity index is 1.96. The van der Waals surface area contributed by atoms with E-state index in [9.17, 15) is 4.79 Å². The molecule has 2 rings (SSSR count). The highest BCUT2D eigenvalue weighted by Gasteiger charge is 2.25. The molecule has 0 saturated carbocycles. The minimum atomic E-state index is -0.00802. The van der Waals surface area contributed by atoms with Crippen LogP contribution < -0.4 is 10.1 Å². The fraction of sp³-hybridized carbons (Fsp3) is 0.650. The molecule has 1 N–H and O–H groups in total. The molecule has 0 aliphatic carbocycles. The Morgan fingerprint density at radius 2 is 2.00 bits per heavy atom. The van der Waals surface area contributed by atoms with Gasteiger partial charge in [0.05, 0.1) is 5.69 Å². The van der Waals surface area contributed by atoms with Gasteiger partial charge in [0.15, 0.2) is 0 Å². The topological polar surface area (TPSA) is 44.8 Å². The first-order valence-corrected chi connectivity index (χ1v) is 9.71. The molecule has 1 fully saturated rings. The van der Waals surface area contributed by atoms with Crippen LogP contribution in [0, 0.1) is 0 Å². The number of piperidine rings is 1. The number of nitrogens with zero attached hydrogens (tertiary/aromatic N) is 2. The standard InChI is InChI=1S/C20H33N3O2/c1-4-17-11-9-10-14-23(17)20(24)21-18-12-7-8-13-19(18)25-16-15-22(5-2)6-3/h7-8,12-13,17H,4-6,9-11,14-16H2,1-3H3,(H,21,24). The predicted molar refractivity (Wildman–Crippen MR) is 103 cm³/mol. The molecule has 1 aromatic rings. The third-order valence-corrected chi connectivity index (χ3v) is 5.05. The lowest BCUT2D eigenvalue weighted by Crippen LogP contribution is -2.45. The zero-order valence-corrected chi connectivity index (χ0v) is 16.0. The monoisotopic (exact) mass is 347 g/mol. The summed E-state index contributed by atoms with van der Waals surface area (Å²) in [5.74, 6) is 0.744. The molecule has 0 spiro atoms. The molecule has 1 saturated heterocycles. The van der Waals surface area contributed by atoms with E-state index >= 15 is 0 Å². The first-order chi connectivity index (χ1) is 12.2. The molecule has 1 aromatic carbocycles. The summed E-state index contributed by atoms with van der Waals surface area (Å²) >= 11 is 0. The lowest BCUT2D eigenvalue weighted by molar-refractivity contribution is 0.160. The Kier molecular flexibility index (Phi) is 8.06. The number of nitrogens with one attached hydrogen (secondary N) is 1. The molecule has 0 bridgehead atoms. The van der Waals surface area contributed by atoms with Gasteiger partial charge in [-0.25, -0.2) is 4.79 Å². The summed E-state index contributed by atoms with van der Waals surface area (Å²) in [5, 5.41) is 3.06. The largest absolute Gasteiger partial charge is 0.490 e. The number of carbonyl (C=O) groups is 1. The fourth-order valence-electron chi connectivity index (χ4n) is 3.40. The summed E-state index contributed by atoms with van der Waals surface area (Å²) in [6.07, 6.45) is 4.42. The van der Waals surface area contributed by atoms with Gasteiger partial charge in [-0.1, -0.05) is 32.9 Å². The molecule has 1 aliphatic heterocycles. The predicted octanol–water partition coefficient (Wildman–Crippen LogP) is 4.20. The van der Waals surface area contributed by atoms with Gasteiger partial charge >= 0.3 is 6.03 Å². The number of hydrogen-bond acceptors (Lipinski definition) is 3. The number of rotatable bonds is 8. The molecule has 0 aromatic heterocycles. The molecule has 5 nitrogen and oxygen atoms in total. The number of hydrogen-bond donors (Lipinski definition) is 1. The van der Waals surface area contributed by atoms with Crippen molar-refractivity contribution in [3.05, 3.63) is 24.3 Å². The maximum absolute atomic E-state index is 12.7. The number of carbonyl (C=O) groups excluding carboxylic acids is 1. The van der Waals surface area contributed by atoms with Crippen LogP contribution in [0.15, 0.2) is 24.3 Å². The lowest BCUT2D eigenvalue weighted by atomic mass is 10.0. The molecular formula is C20H33N3O2. The van der Waals surface area contributed by atoms with Gasteiger partial charge in [0.1, 0.15) is 12.4 Å². The van der Waals surface area contributed by atoms with Crippen LogP contribution >= 0.6 is 0 Å². The number of likely N-dealkylation sites (N-methyl/N-ethyl adjacent to an activating group) is 1. The van der Waals surface area contributed by atoms with Crippen LogP contribution in [-0.2, 0) is 0 Å². The number of urea groups is 1. The van der Waals surface area contributed by atoms with Gasteiger partial charge in [-0.05, 0) is 50.9 Å². The van der Waals surface area contributed by atoms with Crippen molar-refractivity contribution >= 4 is 11.7 Å². The van der Waals surface area contributed by atoms with E-state index in [1.54, 1.807) is 0 Å². The van der Waals surface area contributed by atoms with Crippen molar-refractivity contribution in [3.8, 4) is 5.75 Å². The molecule has 1 heterocycles. The number of ether oxygens (including phenoxy) is 1. The molecule has 140 valence electrons. The van der Waals surface area contributed by atoms with E-state index in [1.807, 2.05) is 29.2 Å². The third-order valence-electron chi connectivity index (χ3n) is 5.05. The first-order valence-electron chi connectivity index (χ1n) is 9.71. The average Bonchev–Trinajstić information content (AvgIpc) is 2.66. The van der Waals surface area contributed by atoms with Crippen molar-refractivity contribution in [3.63, 3.8) is 0 Å². The second kappa shape index (κ2) is 10.3. The number of likely N-dealkylation sites (tertiary alicyclic amines) is 1. The van der Waals surface area contributed by atoms with Crippen LogP contribution in [0.25, 0.3) is 0 Å². The Hall–Kier alpha value is -1.75. The minimum absolute atomic E-state index is 0.00802. The Morgan fingerprint density at radius 3 is 2.72 bits per heavy atom. The normalized spacial score (nSPS) is 17.6. The third kappa shape index (κ3) is 5.63. The number of amides is 2. The van der Waals surface area contributed by atoms with Crippen molar-refractivity contribution < 1.29 is 9.53 Å². The zero-order chi connectivity index (χ0) is 18.1. The Bertz CT molecular complexity index is 531. The molecule has 0 radical (unpaired) electrons. The van der Waals surface area contributed by atoms with E-state index in [-0.39, 0.29) is 6.03 Å². The van der Waals surface area contributed by atoms with Crippen LogP contribution in [0.2, 0.25) is 0 Å². The van der Waals surface area contributed by atoms with E-state index in [4.69, 9.17) is 4.74 Å². The number of para-hydroxylation sites is 2. The minimum Gasteiger partial charge on any atom is -0.490 e. The maximum Gasteiger partial charge on any atom is 0.322 e. The molecule has 25 heavy (non-hydrogen) atoms. The van der Waals surface area contributed by atoms with Crippen molar-refractivity contribution in [1.29, 1.82) is 0 Å². The van der Waals surface area contributed by atoms with Gasteiger partial charge in [0.25, 0.3) is 0 Å². The molecular weight excluding hydrogens is 314 g/mol. The number of benzene rings is 1. The van der Waals surface area contributed by atoms with Gasteiger partial charge in [-0.3, -0.25) is 0 Å². The van der Waals surface area contributed by atoms with E-state index in [0.29, 0.717) is 12.6 Å². The van der Waals surface area contributed by atoms with Crippen LogP contribution in [0.4, 0.5) is 10.5 Å². The summed E-state index contributed by atoms with van der Waals surface area (Å²) in [6, 6.07) is 8.05. The van der Waals surface area contributed by atoms with Crippen LogP contribution in [0.5, 0.6) is 5.75 Å². The lowest BCUT2D eigenvalue weighted by Gasteiger charge is -2.35. The summed E-state index contributed by atoms with van der Waals surface area (Å²) in [5.41, 5.74) is 0.757. The van der Waals surface area contributed by atoms with Crippen molar-refractivity contribution in [2.45, 2.75) is 52.5 Å². The average molecular weight is 348 g/mol. The summed E-state index contributed by atoms with van der Waals surface area (Å²) in [4.78, 5) is 17.0. The highest BCUT2D eigenvalue weighted by atomic mass is 16.5. The second-order valence-corrected chi connectivity index (χ2v) is 6.55. The van der Waals surface area contributed by atoms with E-state index in [1.165, 1.54) is 6.42 Å². The van der Waals surface area contributed by atoms with Gasteiger partial charge in [0.2, 0.25) is 0 Å². The van der Waals surface area contributed by atoms with Gasteiger partial charge in [-0.15, -0.1) is 0 Å². The van der Waals surface area contributed by atoms with Crippen LogP contribution in [0.3, 0.4) is 0 Å². The Morgan fingerprint density at radius 1 is 1.24 bits per heavy atom. The quantitative estimate of drug-likeness (QED) is 0.766. The summed E-state index contributed by atoms with van der Waals surface area (Å²) in [6.45, 7) is 10.9. The smallest absolute Gasteiger partial charge is 0.322 e. The van der Waals surface area contributed by atoms with Crippen molar-refractivity contribution in [1.82, 2.24) is 9.80 Å². The number of anilines is 1. The fourth-order valence-corrected chi connectivity index (χ4v) is 3.40. The summed E-state index contributed by atoms with van der Waals surface area (Å²) < 4.78 is 5.94. The Labute approximate surface area is 152 Å². The zero-order valence-electron chi connectivity index (χ0n) is 16.0. The van der Waals surface area contributed by atoms with Crippen LogP contribution in [0.1, 0.15) is 46.5 Å². The highest BCUT2D eigenvalue weighted by Crippen LogP contribution is 2.26. The molecule has 2 amide bonds. The molecule has 5 heteroatoms. The van der Waals surface area contributed by atoms with E-state index in [0.717, 1.165) is 56.9 Å². The second-order valence-electron chi connectivity index (χ2n) is 6.55. The summed E-state index contributed by atoms with van der Waals surface area (Å²) in [7, 11) is 0. The van der Waals surface area contributed by atoms with E-state index in [2.05, 4.69) is 31.0 Å². The van der Waals surface area contributed by atoms with Crippen molar-refractivity contribution in [2.24, 2.45) is 0 Å². The highest BCUT2D eigenvalue weighted by molar-refractivity contribution is 5.91. The first kappa shape index (κ1) is 19.6. The maximum atomic E-state index is 12.7. The van der Waals surface area contributed by atoms with Gasteiger partial charge in [0, 0.05) is 19.1 Å². The van der Waals surface area contributed by atoms with Gasteiger partial charge < -0.3 is 19.9 Å². The molecule has 1 aliphatic rings. The molecule has 1 unspecified atom stereocenters.